The molecule has 6 heteroatoms. The summed E-state index contributed by atoms with van der Waals surface area (Å²) in [5.41, 5.74) is 10.9. The molecule has 0 saturated carbocycles. The minimum Gasteiger partial charge on any atom is -0.251 e. The molecular formula is C33H43CoN5. The molecule has 0 aliphatic heterocycles. The second-order valence-electron chi connectivity index (χ2n) is 11.0. The van der Waals surface area contributed by atoms with E-state index in [-0.39, 0.29) is 16.8 Å². The molecule has 0 atom stereocenters. The number of nitrogens with zero attached hydrogens (tertiary/aromatic N) is 5. The number of hydrogen-bond donors (Lipinski definition) is 0. The van der Waals surface area contributed by atoms with Crippen LogP contribution in [0.3, 0.4) is 0 Å². The predicted molar refractivity (Wildman–Crippen MR) is 161 cm³/mol. The minimum absolute atomic E-state index is 0. The number of rotatable bonds is 8. The summed E-state index contributed by atoms with van der Waals surface area (Å²) in [6.45, 7) is 22.0. The maximum absolute atomic E-state index is 6.00. The molecule has 5 nitrogen and oxygen atoms in total. The summed E-state index contributed by atoms with van der Waals surface area (Å²) in [6, 6.07) is 19.2. The topological polar surface area (TPSA) is 85.2 Å². The summed E-state index contributed by atoms with van der Waals surface area (Å²) < 4.78 is 0. The summed E-state index contributed by atoms with van der Waals surface area (Å²) >= 11 is 0. The van der Waals surface area contributed by atoms with Crippen molar-refractivity contribution < 1.29 is 16.8 Å². The number of aromatic nitrogens is 1. The van der Waals surface area contributed by atoms with Crippen LogP contribution in [0.4, 0.5) is 11.4 Å². The third kappa shape index (κ3) is 8.42. The van der Waals surface area contributed by atoms with Crippen LogP contribution in [0.1, 0.15) is 127 Å². The molecule has 0 spiro atoms. The molecule has 0 amide bonds. The van der Waals surface area contributed by atoms with Crippen LogP contribution in [-0.2, 0) is 16.8 Å². The van der Waals surface area contributed by atoms with Crippen molar-refractivity contribution in [2.75, 3.05) is 0 Å². The Labute approximate surface area is 245 Å². The molecule has 0 saturated heterocycles. The summed E-state index contributed by atoms with van der Waals surface area (Å²) in [5, 5.41) is 12.0. The van der Waals surface area contributed by atoms with Gasteiger partial charge < -0.3 is 0 Å². The first kappa shape index (κ1) is 33.9. The normalized spacial score (nSPS) is 12.0. The van der Waals surface area contributed by atoms with Crippen LogP contribution in [0.25, 0.3) is 0 Å². The molecule has 0 bridgehead atoms. The molecule has 0 fully saturated rings. The average Bonchev–Trinajstić information content (AvgIpc) is 2.89. The third-order valence-corrected chi connectivity index (χ3v) is 6.73. The molecule has 3 rings (SSSR count). The molecule has 209 valence electrons. The van der Waals surface area contributed by atoms with Crippen LogP contribution < -0.4 is 0 Å². The number of aliphatic imine (C=N–C) groups is 2. The van der Waals surface area contributed by atoms with Gasteiger partial charge in [0.05, 0.1) is 34.2 Å². The Morgan fingerprint density at radius 1 is 0.538 bits per heavy atom. The Bertz CT molecular complexity index is 1170. The maximum atomic E-state index is 6.00. The quantitative estimate of drug-likeness (QED) is 0.200. The number of pyridine rings is 1. The van der Waals surface area contributed by atoms with Crippen molar-refractivity contribution >= 4 is 22.8 Å². The largest absolute Gasteiger partial charge is 0.251 e. The zero-order valence-corrected chi connectivity index (χ0v) is 26.1. The van der Waals surface area contributed by atoms with Gasteiger partial charge in [0.2, 0.25) is 0 Å². The van der Waals surface area contributed by atoms with Crippen LogP contribution >= 0.6 is 0 Å². The fourth-order valence-electron chi connectivity index (χ4n) is 4.57. The van der Waals surface area contributed by atoms with Gasteiger partial charge in [0, 0.05) is 27.6 Å². The smallest absolute Gasteiger partial charge is 0.0849 e. The van der Waals surface area contributed by atoms with Gasteiger partial charge in [0.25, 0.3) is 0 Å². The van der Waals surface area contributed by atoms with Crippen LogP contribution in [0.5, 0.6) is 0 Å². The molecular weight excluding hydrogens is 525 g/mol. The van der Waals surface area contributed by atoms with E-state index in [4.69, 9.17) is 25.8 Å². The van der Waals surface area contributed by atoms with Crippen molar-refractivity contribution in [1.29, 1.82) is 10.8 Å². The van der Waals surface area contributed by atoms with Gasteiger partial charge in [-0.2, -0.15) is 0 Å². The first-order valence-corrected chi connectivity index (χ1v) is 13.5. The zero-order valence-electron chi connectivity index (χ0n) is 25.1. The number of para-hydroxylation sites is 2. The molecule has 39 heavy (non-hydrogen) atoms. The fourth-order valence-corrected chi connectivity index (χ4v) is 4.57. The second-order valence-corrected chi connectivity index (χ2v) is 11.0. The monoisotopic (exact) mass is 568 g/mol. The second kappa shape index (κ2) is 15.4. The number of hydrogen-bond acceptors (Lipinski definition) is 5. The van der Waals surface area contributed by atoms with E-state index in [2.05, 4.69) is 112 Å². The minimum atomic E-state index is 0. The van der Waals surface area contributed by atoms with E-state index < -0.39 is 0 Å². The summed E-state index contributed by atoms with van der Waals surface area (Å²) in [7, 11) is 0. The molecule has 0 unspecified atom stereocenters. The first-order valence-electron chi connectivity index (χ1n) is 13.5. The van der Waals surface area contributed by atoms with E-state index in [1.807, 2.05) is 12.1 Å². The van der Waals surface area contributed by atoms with Gasteiger partial charge in [-0.05, 0) is 71.9 Å². The van der Waals surface area contributed by atoms with Gasteiger partial charge in [0.15, 0.2) is 0 Å². The van der Waals surface area contributed by atoms with Crippen molar-refractivity contribution in [2.24, 2.45) is 9.98 Å². The summed E-state index contributed by atoms with van der Waals surface area (Å²) in [4.78, 5) is 15.3. The van der Waals surface area contributed by atoms with Crippen molar-refractivity contribution in [3.05, 3.63) is 88.2 Å². The van der Waals surface area contributed by atoms with E-state index >= 15 is 0 Å². The SMILES string of the molecule is CC(=Nc1c(C(C)C)cccc1C(C)C)c1cccc(C(C)=Nc2c(C(C)C)cccc2C(C)C)n1.N#N.[Co]. The molecule has 0 aliphatic carbocycles. The molecule has 3 aromatic rings. The Morgan fingerprint density at radius 3 is 1.05 bits per heavy atom. The first-order chi connectivity index (χ1) is 18.0. The van der Waals surface area contributed by atoms with Gasteiger partial charge in [-0.15, -0.1) is 0 Å². The van der Waals surface area contributed by atoms with E-state index in [1.165, 1.54) is 22.3 Å². The maximum Gasteiger partial charge on any atom is 0.0849 e. The van der Waals surface area contributed by atoms with E-state index in [1.54, 1.807) is 0 Å². The van der Waals surface area contributed by atoms with Gasteiger partial charge in [0.1, 0.15) is 0 Å². The standard InChI is InChI=1S/C33H43N3.Co.N2/c1-20(2)26-14-11-15-27(21(3)4)32(26)34-24(9)30-18-13-19-31(36-30)25(10)35-33-28(22(5)6)16-12-17-29(33)23(7)8;;1-2/h11-23H,1-10H3;;. The predicted octanol–water partition coefficient (Wildman–Crippen LogP) is 9.88. The van der Waals surface area contributed by atoms with Gasteiger partial charge in [-0.3, -0.25) is 9.98 Å². The van der Waals surface area contributed by atoms with Crippen molar-refractivity contribution in [1.82, 2.24) is 4.98 Å². The third-order valence-electron chi connectivity index (χ3n) is 6.73. The molecule has 1 aromatic heterocycles. The van der Waals surface area contributed by atoms with Crippen molar-refractivity contribution in [3.8, 4) is 0 Å². The molecule has 1 radical (unpaired) electrons. The number of benzene rings is 2. The van der Waals surface area contributed by atoms with E-state index in [9.17, 15) is 0 Å². The Hall–Kier alpha value is -3.14. The molecule has 0 aliphatic rings. The van der Waals surface area contributed by atoms with E-state index in [0.29, 0.717) is 23.7 Å². The summed E-state index contributed by atoms with van der Waals surface area (Å²) in [5.74, 6) is 1.61. The summed E-state index contributed by atoms with van der Waals surface area (Å²) in [6.07, 6.45) is 0. The van der Waals surface area contributed by atoms with Gasteiger partial charge >= 0.3 is 0 Å². The van der Waals surface area contributed by atoms with Gasteiger partial charge in [-0.25, -0.2) is 4.98 Å². The van der Waals surface area contributed by atoms with Gasteiger partial charge in [-0.1, -0.05) is 97.9 Å². The Kier molecular flexibility index (Phi) is 13.4. The molecule has 0 N–H and O–H groups in total. The van der Waals surface area contributed by atoms with Crippen molar-refractivity contribution in [2.45, 2.75) is 92.9 Å². The Balaban J connectivity index is 0.00000248. The fraction of sp³-hybridized carbons (Fsp3) is 0.424. The van der Waals surface area contributed by atoms with E-state index in [0.717, 1.165) is 34.2 Å². The van der Waals surface area contributed by atoms with Crippen LogP contribution in [0.15, 0.2) is 64.6 Å². The Morgan fingerprint density at radius 2 is 0.795 bits per heavy atom. The van der Waals surface area contributed by atoms with Crippen LogP contribution in [-0.4, -0.2) is 16.4 Å². The average molecular weight is 569 g/mol. The molecule has 2 aromatic carbocycles. The van der Waals surface area contributed by atoms with Crippen LogP contribution in [0, 0.1) is 10.8 Å². The molecule has 1 heterocycles. The van der Waals surface area contributed by atoms with Crippen molar-refractivity contribution in [3.63, 3.8) is 0 Å². The zero-order chi connectivity index (χ0) is 28.6. The van der Waals surface area contributed by atoms with Crippen LogP contribution in [0.2, 0.25) is 0 Å².